The Morgan fingerprint density at radius 1 is 1.32 bits per heavy atom. The molecule has 0 saturated carbocycles. The van der Waals surface area contributed by atoms with E-state index in [1.54, 1.807) is 24.0 Å². The van der Waals surface area contributed by atoms with Gasteiger partial charge >= 0.3 is 6.09 Å². The molecule has 1 aromatic carbocycles. The van der Waals surface area contributed by atoms with Crippen LogP contribution in [-0.2, 0) is 4.74 Å². The van der Waals surface area contributed by atoms with Gasteiger partial charge in [0.05, 0.1) is 5.76 Å². The number of allylic oxidation sites excluding steroid dienone is 1. The van der Waals surface area contributed by atoms with E-state index in [1.165, 1.54) is 0 Å². The SMILES string of the molecule is C=C(C)OC(=O)N1CC[C@H](C(=O)c2ccccc2)C1. The lowest BCUT2D eigenvalue weighted by molar-refractivity contribution is 0.0920. The number of ether oxygens (including phenoxy) is 1. The molecule has 0 N–H and O–H groups in total. The van der Waals surface area contributed by atoms with E-state index >= 15 is 0 Å². The third kappa shape index (κ3) is 3.22. The van der Waals surface area contributed by atoms with Crippen LogP contribution in [0.15, 0.2) is 42.7 Å². The molecule has 0 bridgehead atoms. The molecule has 0 aliphatic carbocycles. The normalized spacial score (nSPS) is 18.2. The van der Waals surface area contributed by atoms with Crippen LogP contribution in [0.3, 0.4) is 0 Å². The van der Waals surface area contributed by atoms with Crippen molar-refractivity contribution in [1.29, 1.82) is 0 Å². The number of amides is 1. The number of nitrogens with zero attached hydrogens (tertiary/aromatic N) is 1. The van der Waals surface area contributed by atoms with Crippen LogP contribution >= 0.6 is 0 Å². The molecule has 1 amide bonds. The molecule has 1 aromatic rings. The highest BCUT2D eigenvalue weighted by molar-refractivity contribution is 5.98. The van der Waals surface area contributed by atoms with Crippen LogP contribution in [0.25, 0.3) is 0 Å². The zero-order valence-electron chi connectivity index (χ0n) is 11.0. The molecule has 1 aliphatic heterocycles. The molecule has 1 heterocycles. The zero-order chi connectivity index (χ0) is 13.8. The van der Waals surface area contributed by atoms with Crippen molar-refractivity contribution in [1.82, 2.24) is 4.90 Å². The van der Waals surface area contributed by atoms with Gasteiger partial charge in [0, 0.05) is 24.6 Å². The van der Waals surface area contributed by atoms with Crippen molar-refractivity contribution in [3.63, 3.8) is 0 Å². The highest BCUT2D eigenvalue weighted by Gasteiger charge is 2.32. The molecule has 4 nitrogen and oxygen atoms in total. The predicted octanol–water partition coefficient (Wildman–Crippen LogP) is 2.86. The molecule has 1 atom stereocenters. The minimum atomic E-state index is -0.420. The van der Waals surface area contributed by atoms with E-state index in [2.05, 4.69) is 6.58 Å². The summed E-state index contributed by atoms with van der Waals surface area (Å²) in [5.41, 5.74) is 0.697. The first-order valence-electron chi connectivity index (χ1n) is 6.29. The molecule has 1 aliphatic rings. The summed E-state index contributed by atoms with van der Waals surface area (Å²) in [5.74, 6) is 0.314. The minimum Gasteiger partial charge on any atom is -0.416 e. The fourth-order valence-corrected chi connectivity index (χ4v) is 2.19. The van der Waals surface area contributed by atoms with E-state index in [1.807, 2.05) is 18.2 Å². The van der Waals surface area contributed by atoms with E-state index in [0.717, 1.165) is 0 Å². The summed E-state index contributed by atoms with van der Waals surface area (Å²) in [6.07, 6.45) is 0.259. The number of hydrogen-bond acceptors (Lipinski definition) is 3. The Hall–Kier alpha value is -2.10. The Kier molecular flexibility index (Phi) is 4.00. The summed E-state index contributed by atoms with van der Waals surface area (Å²) in [5, 5.41) is 0. The summed E-state index contributed by atoms with van der Waals surface area (Å²) >= 11 is 0. The molecular weight excluding hydrogens is 242 g/mol. The second-order valence-corrected chi connectivity index (χ2v) is 4.73. The maximum absolute atomic E-state index is 12.2. The molecular formula is C15H17NO3. The largest absolute Gasteiger partial charge is 0.416 e. The number of carbonyl (C=O) groups excluding carboxylic acids is 2. The number of carbonyl (C=O) groups is 2. The van der Waals surface area contributed by atoms with Gasteiger partial charge in [-0.25, -0.2) is 4.79 Å². The summed E-state index contributed by atoms with van der Waals surface area (Å²) in [6, 6.07) is 9.17. The van der Waals surface area contributed by atoms with Crippen molar-refractivity contribution in [2.75, 3.05) is 13.1 Å². The topological polar surface area (TPSA) is 46.6 Å². The first-order chi connectivity index (χ1) is 9.08. The first kappa shape index (κ1) is 13.3. The molecule has 4 heteroatoms. The van der Waals surface area contributed by atoms with Crippen molar-refractivity contribution in [3.05, 3.63) is 48.2 Å². The summed E-state index contributed by atoms with van der Waals surface area (Å²) in [4.78, 5) is 25.5. The molecule has 0 radical (unpaired) electrons. The number of Topliss-reactive ketones (excluding diaryl/α,β-unsaturated/α-hetero) is 1. The minimum absolute atomic E-state index is 0.0891. The standard InChI is InChI=1S/C15H17NO3/c1-11(2)19-15(18)16-9-8-13(10-16)14(17)12-6-4-3-5-7-12/h3-7,13H,1,8-10H2,2H3/t13-/m0/s1. The van der Waals surface area contributed by atoms with E-state index in [4.69, 9.17) is 4.74 Å². The molecule has 1 saturated heterocycles. The lowest BCUT2D eigenvalue weighted by atomic mass is 9.97. The van der Waals surface area contributed by atoms with Crippen molar-refractivity contribution in [2.45, 2.75) is 13.3 Å². The monoisotopic (exact) mass is 259 g/mol. The second-order valence-electron chi connectivity index (χ2n) is 4.73. The zero-order valence-corrected chi connectivity index (χ0v) is 11.0. The Morgan fingerprint density at radius 3 is 2.63 bits per heavy atom. The highest BCUT2D eigenvalue weighted by atomic mass is 16.6. The second kappa shape index (κ2) is 5.69. The fourth-order valence-electron chi connectivity index (χ4n) is 2.19. The van der Waals surface area contributed by atoms with Gasteiger partial charge < -0.3 is 9.64 Å². The van der Waals surface area contributed by atoms with Crippen LogP contribution in [-0.4, -0.2) is 29.9 Å². The number of benzene rings is 1. The molecule has 100 valence electrons. The maximum Gasteiger partial charge on any atom is 0.414 e. The first-order valence-corrected chi connectivity index (χ1v) is 6.29. The van der Waals surface area contributed by atoms with Crippen molar-refractivity contribution >= 4 is 11.9 Å². The molecule has 1 fully saturated rings. The van der Waals surface area contributed by atoms with Gasteiger partial charge in [-0.15, -0.1) is 0 Å². The predicted molar refractivity (Wildman–Crippen MR) is 71.7 cm³/mol. The van der Waals surface area contributed by atoms with Crippen molar-refractivity contribution in [2.24, 2.45) is 5.92 Å². The van der Waals surface area contributed by atoms with Crippen LogP contribution in [0.1, 0.15) is 23.7 Å². The molecule has 0 unspecified atom stereocenters. The number of hydrogen-bond donors (Lipinski definition) is 0. The Balaban J connectivity index is 1.97. The molecule has 2 rings (SSSR count). The third-order valence-corrected chi connectivity index (χ3v) is 3.14. The van der Waals surface area contributed by atoms with Gasteiger partial charge in [-0.05, 0) is 13.3 Å². The fraction of sp³-hybridized carbons (Fsp3) is 0.333. The average Bonchev–Trinajstić information content (AvgIpc) is 2.88. The van der Waals surface area contributed by atoms with Gasteiger partial charge in [0.2, 0.25) is 0 Å². The van der Waals surface area contributed by atoms with Crippen LogP contribution in [0.4, 0.5) is 4.79 Å². The lowest BCUT2D eigenvalue weighted by Crippen LogP contribution is -2.30. The quantitative estimate of drug-likeness (QED) is 0.619. The molecule has 0 spiro atoms. The number of ketones is 1. The van der Waals surface area contributed by atoms with Crippen LogP contribution in [0.5, 0.6) is 0 Å². The van der Waals surface area contributed by atoms with Crippen LogP contribution in [0.2, 0.25) is 0 Å². The lowest BCUT2D eigenvalue weighted by Gasteiger charge is -2.15. The third-order valence-electron chi connectivity index (χ3n) is 3.14. The van der Waals surface area contributed by atoms with Crippen LogP contribution < -0.4 is 0 Å². The van der Waals surface area contributed by atoms with Gasteiger partial charge in [0.1, 0.15) is 0 Å². The summed E-state index contributed by atoms with van der Waals surface area (Å²) in [7, 11) is 0. The Morgan fingerprint density at radius 2 is 2.00 bits per heavy atom. The van der Waals surface area contributed by atoms with E-state index < -0.39 is 6.09 Å². The number of rotatable bonds is 3. The average molecular weight is 259 g/mol. The van der Waals surface area contributed by atoms with Crippen LogP contribution in [0, 0.1) is 5.92 Å². The highest BCUT2D eigenvalue weighted by Crippen LogP contribution is 2.21. The summed E-state index contributed by atoms with van der Waals surface area (Å²) in [6.45, 7) is 6.12. The molecule has 19 heavy (non-hydrogen) atoms. The van der Waals surface area contributed by atoms with E-state index in [-0.39, 0.29) is 11.7 Å². The van der Waals surface area contributed by atoms with Gasteiger partial charge in [-0.2, -0.15) is 0 Å². The van der Waals surface area contributed by atoms with E-state index in [9.17, 15) is 9.59 Å². The maximum atomic E-state index is 12.2. The van der Waals surface area contributed by atoms with E-state index in [0.29, 0.717) is 30.8 Å². The number of likely N-dealkylation sites (tertiary alicyclic amines) is 1. The van der Waals surface area contributed by atoms with Gasteiger partial charge in [0.15, 0.2) is 5.78 Å². The Labute approximate surface area is 112 Å². The van der Waals surface area contributed by atoms with Gasteiger partial charge in [-0.1, -0.05) is 36.9 Å². The van der Waals surface area contributed by atoms with Crippen molar-refractivity contribution < 1.29 is 14.3 Å². The molecule has 0 aromatic heterocycles. The smallest absolute Gasteiger partial charge is 0.414 e. The van der Waals surface area contributed by atoms with Gasteiger partial charge in [0.25, 0.3) is 0 Å². The van der Waals surface area contributed by atoms with Crippen molar-refractivity contribution in [3.8, 4) is 0 Å². The Bertz CT molecular complexity index is 495. The van der Waals surface area contributed by atoms with Gasteiger partial charge in [-0.3, -0.25) is 4.79 Å². The summed E-state index contributed by atoms with van der Waals surface area (Å²) < 4.78 is 4.95.